The summed E-state index contributed by atoms with van der Waals surface area (Å²) in [6, 6.07) is 4.27. The molecule has 0 saturated carbocycles. The van der Waals surface area contributed by atoms with Crippen LogP contribution >= 0.6 is 22.7 Å². The summed E-state index contributed by atoms with van der Waals surface area (Å²) in [5.74, 6) is 0.0734. The van der Waals surface area contributed by atoms with E-state index in [2.05, 4.69) is 27.4 Å². The second-order valence-corrected chi connectivity index (χ2v) is 6.63. The minimum absolute atomic E-state index is 0.0734. The summed E-state index contributed by atoms with van der Waals surface area (Å²) in [7, 11) is 0. The molecular formula is C14H17N3OS2. The number of hydrogen-bond acceptors (Lipinski definition) is 5. The van der Waals surface area contributed by atoms with Crippen LogP contribution in [-0.2, 0) is 6.54 Å². The zero-order valence-electron chi connectivity index (χ0n) is 11.2. The van der Waals surface area contributed by atoms with Crippen LogP contribution in [0.15, 0.2) is 28.4 Å². The van der Waals surface area contributed by atoms with Crippen LogP contribution in [0.2, 0.25) is 0 Å². The molecule has 2 aromatic rings. The second-order valence-electron chi connectivity index (χ2n) is 4.87. The highest BCUT2D eigenvalue weighted by Crippen LogP contribution is 2.15. The van der Waals surface area contributed by atoms with Gasteiger partial charge in [-0.3, -0.25) is 9.69 Å². The van der Waals surface area contributed by atoms with Crippen LogP contribution < -0.4 is 0 Å². The van der Waals surface area contributed by atoms with Gasteiger partial charge in [0.1, 0.15) is 5.69 Å². The highest BCUT2D eigenvalue weighted by atomic mass is 32.1. The maximum atomic E-state index is 12.3. The van der Waals surface area contributed by atoms with Crippen molar-refractivity contribution in [2.75, 3.05) is 26.2 Å². The lowest BCUT2D eigenvalue weighted by Gasteiger charge is -2.21. The first-order valence-electron chi connectivity index (χ1n) is 6.75. The fourth-order valence-corrected chi connectivity index (χ4v) is 3.71. The van der Waals surface area contributed by atoms with Crippen molar-refractivity contribution in [1.29, 1.82) is 0 Å². The van der Waals surface area contributed by atoms with Crippen LogP contribution in [0, 0.1) is 0 Å². The lowest BCUT2D eigenvalue weighted by molar-refractivity contribution is 0.0756. The van der Waals surface area contributed by atoms with E-state index >= 15 is 0 Å². The van der Waals surface area contributed by atoms with Gasteiger partial charge in [-0.05, 0) is 17.9 Å². The molecule has 0 atom stereocenters. The first-order valence-corrected chi connectivity index (χ1v) is 8.57. The molecule has 1 amide bonds. The molecule has 0 unspecified atom stereocenters. The highest BCUT2D eigenvalue weighted by molar-refractivity contribution is 7.09. The number of rotatable bonds is 3. The van der Waals surface area contributed by atoms with Gasteiger partial charge in [0, 0.05) is 43.0 Å². The number of thiophene rings is 1. The van der Waals surface area contributed by atoms with Gasteiger partial charge in [-0.15, -0.1) is 22.7 Å². The minimum Gasteiger partial charge on any atom is -0.336 e. The van der Waals surface area contributed by atoms with Gasteiger partial charge in [0.2, 0.25) is 0 Å². The minimum atomic E-state index is 0.0734. The summed E-state index contributed by atoms with van der Waals surface area (Å²) in [6.07, 6.45) is 1.03. The van der Waals surface area contributed by atoms with Gasteiger partial charge in [0.15, 0.2) is 0 Å². The number of carbonyl (C=O) groups is 1. The summed E-state index contributed by atoms with van der Waals surface area (Å²) >= 11 is 3.27. The predicted molar refractivity (Wildman–Crippen MR) is 82.2 cm³/mol. The number of amides is 1. The van der Waals surface area contributed by atoms with Gasteiger partial charge < -0.3 is 4.90 Å². The third-order valence-corrected chi connectivity index (χ3v) is 4.93. The van der Waals surface area contributed by atoms with Crippen LogP contribution in [0.4, 0.5) is 0 Å². The molecule has 106 valence electrons. The van der Waals surface area contributed by atoms with Crippen molar-refractivity contribution in [1.82, 2.24) is 14.8 Å². The molecule has 0 radical (unpaired) electrons. The number of carbonyl (C=O) groups excluding carboxylic acids is 1. The van der Waals surface area contributed by atoms with E-state index in [1.807, 2.05) is 10.3 Å². The average Bonchev–Trinajstić information content (AvgIpc) is 3.10. The van der Waals surface area contributed by atoms with Gasteiger partial charge in [-0.2, -0.15) is 0 Å². The fraction of sp³-hybridized carbons (Fsp3) is 0.429. The van der Waals surface area contributed by atoms with E-state index in [1.165, 1.54) is 16.2 Å². The maximum absolute atomic E-state index is 12.3. The molecule has 1 aliphatic heterocycles. The molecule has 0 aliphatic carbocycles. The van der Waals surface area contributed by atoms with E-state index in [0.29, 0.717) is 5.69 Å². The molecule has 2 aromatic heterocycles. The van der Waals surface area contributed by atoms with E-state index in [9.17, 15) is 4.79 Å². The molecule has 0 bridgehead atoms. The first-order chi connectivity index (χ1) is 9.83. The van der Waals surface area contributed by atoms with Crippen LogP contribution in [0.25, 0.3) is 0 Å². The number of aromatic nitrogens is 1. The van der Waals surface area contributed by atoms with E-state index in [4.69, 9.17) is 0 Å². The highest BCUT2D eigenvalue weighted by Gasteiger charge is 2.21. The Kier molecular flexibility index (Phi) is 4.44. The normalized spacial score (nSPS) is 17.1. The van der Waals surface area contributed by atoms with Gasteiger partial charge in [-0.1, -0.05) is 6.07 Å². The van der Waals surface area contributed by atoms with E-state index in [0.717, 1.165) is 39.1 Å². The SMILES string of the molecule is O=C(c1cscn1)N1CCCN(Cc2cccs2)CC1. The van der Waals surface area contributed by atoms with Crippen LogP contribution in [-0.4, -0.2) is 46.9 Å². The van der Waals surface area contributed by atoms with Crippen LogP contribution in [0.3, 0.4) is 0 Å². The number of nitrogens with zero attached hydrogens (tertiary/aromatic N) is 3. The van der Waals surface area contributed by atoms with Crippen molar-refractivity contribution in [3.05, 3.63) is 39.0 Å². The number of thiazole rings is 1. The van der Waals surface area contributed by atoms with Crippen LogP contribution in [0.1, 0.15) is 21.8 Å². The summed E-state index contributed by atoms with van der Waals surface area (Å²) in [5, 5.41) is 3.95. The third-order valence-electron chi connectivity index (χ3n) is 3.49. The van der Waals surface area contributed by atoms with Crippen molar-refractivity contribution in [2.24, 2.45) is 0 Å². The number of hydrogen-bond donors (Lipinski definition) is 0. The Balaban J connectivity index is 1.58. The van der Waals surface area contributed by atoms with Gasteiger partial charge in [0.05, 0.1) is 5.51 Å². The van der Waals surface area contributed by atoms with E-state index in [-0.39, 0.29) is 5.91 Å². The van der Waals surface area contributed by atoms with Gasteiger partial charge in [0.25, 0.3) is 5.91 Å². The quantitative estimate of drug-likeness (QED) is 0.874. The summed E-state index contributed by atoms with van der Waals surface area (Å²) < 4.78 is 0. The maximum Gasteiger partial charge on any atom is 0.273 e. The Hall–Kier alpha value is -1.24. The molecule has 6 heteroatoms. The molecular weight excluding hydrogens is 290 g/mol. The molecule has 1 fully saturated rings. The second kappa shape index (κ2) is 6.47. The largest absolute Gasteiger partial charge is 0.336 e. The third kappa shape index (κ3) is 3.26. The zero-order valence-corrected chi connectivity index (χ0v) is 12.8. The van der Waals surface area contributed by atoms with E-state index < -0.39 is 0 Å². The Morgan fingerprint density at radius 2 is 2.25 bits per heavy atom. The Morgan fingerprint density at radius 1 is 1.30 bits per heavy atom. The molecule has 1 saturated heterocycles. The monoisotopic (exact) mass is 307 g/mol. The van der Waals surface area contributed by atoms with E-state index in [1.54, 1.807) is 16.8 Å². The molecule has 0 N–H and O–H groups in total. The molecule has 1 aliphatic rings. The Labute approximate surface area is 126 Å². The summed E-state index contributed by atoms with van der Waals surface area (Å²) in [5.41, 5.74) is 2.30. The molecule has 3 rings (SSSR count). The summed E-state index contributed by atoms with van der Waals surface area (Å²) in [6.45, 7) is 4.61. The Bertz CT molecular complexity index is 539. The Morgan fingerprint density at radius 3 is 3.00 bits per heavy atom. The smallest absolute Gasteiger partial charge is 0.273 e. The van der Waals surface area contributed by atoms with Crippen molar-refractivity contribution in [3.63, 3.8) is 0 Å². The molecule has 0 spiro atoms. The van der Waals surface area contributed by atoms with Crippen molar-refractivity contribution in [2.45, 2.75) is 13.0 Å². The molecule has 4 nitrogen and oxygen atoms in total. The first kappa shape index (κ1) is 13.7. The van der Waals surface area contributed by atoms with Gasteiger partial charge >= 0.3 is 0 Å². The molecule has 0 aromatic carbocycles. The van der Waals surface area contributed by atoms with Crippen molar-refractivity contribution < 1.29 is 4.79 Å². The van der Waals surface area contributed by atoms with Crippen molar-refractivity contribution in [3.8, 4) is 0 Å². The lowest BCUT2D eigenvalue weighted by atomic mass is 10.3. The predicted octanol–water partition coefficient (Wildman–Crippen LogP) is 2.55. The van der Waals surface area contributed by atoms with Crippen molar-refractivity contribution >= 4 is 28.6 Å². The van der Waals surface area contributed by atoms with Gasteiger partial charge in [-0.25, -0.2) is 4.98 Å². The average molecular weight is 307 g/mol. The molecule has 3 heterocycles. The lowest BCUT2D eigenvalue weighted by Crippen LogP contribution is -2.35. The molecule has 20 heavy (non-hydrogen) atoms. The fourth-order valence-electron chi connectivity index (χ4n) is 2.44. The zero-order chi connectivity index (χ0) is 13.8. The van der Waals surface area contributed by atoms with Crippen LogP contribution in [0.5, 0.6) is 0 Å². The standard InChI is InChI=1S/C14H17N3OS2/c18-14(13-10-19-11-15-13)17-5-2-4-16(6-7-17)9-12-3-1-8-20-12/h1,3,8,10-11H,2,4-7,9H2. The summed E-state index contributed by atoms with van der Waals surface area (Å²) in [4.78, 5) is 22.2. The topological polar surface area (TPSA) is 36.4 Å².